The van der Waals surface area contributed by atoms with Crippen molar-refractivity contribution in [2.45, 2.75) is 20.3 Å². The van der Waals surface area contributed by atoms with E-state index < -0.39 is 14.6 Å². The van der Waals surface area contributed by atoms with E-state index in [1.54, 1.807) is 6.07 Å². The Balaban J connectivity index is 1.86. The Morgan fingerprint density at radius 2 is 1.59 bits per heavy atom. The van der Waals surface area contributed by atoms with Crippen LogP contribution in [0.15, 0.2) is 48.5 Å². The molecular weight excluding hydrogens is 367 g/mol. The lowest BCUT2D eigenvalue weighted by atomic mass is 9.93. The van der Waals surface area contributed by atoms with Crippen molar-refractivity contribution in [1.29, 1.82) is 0 Å². The molecule has 0 spiro atoms. The minimum atomic E-state index is -4.55. The molecule has 6 nitrogen and oxygen atoms in total. The molecule has 0 aliphatic rings. The van der Waals surface area contributed by atoms with Crippen LogP contribution in [0.2, 0.25) is 0 Å². The average Bonchev–Trinajstić information content (AvgIpc) is 2.59. The van der Waals surface area contributed by atoms with Crippen LogP contribution in [0.3, 0.4) is 0 Å². The zero-order chi connectivity index (χ0) is 19.6. The third-order valence-electron chi connectivity index (χ3n) is 4.47. The molecule has 3 aromatic rings. The zero-order valence-corrected chi connectivity index (χ0v) is 15.9. The molecule has 0 aromatic heterocycles. The Hall–Kier alpha value is -2.37. The number of phenols is 1. The van der Waals surface area contributed by atoms with E-state index in [9.17, 15) is 9.67 Å². The largest absolute Gasteiger partial charge is 0.507 e. The molecule has 0 aliphatic carbocycles. The van der Waals surface area contributed by atoms with Crippen molar-refractivity contribution >= 4 is 18.6 Å². The molecule has 0 atom stereocenters. The maximum atomic E-state index is 10.7. The second kappa shape index (κ2) is 7.71. The first-order valence-electron chi connectivity index (χ1n) is 8.37. The number of rotatable bonds is 6. The molecule has 0 fully saturated rings. The number of phenolic OH excluding ortho intramolecular Hbond substituents is 1. The Bertz CT molecular complexity index is 1000. The number of fused-ring (bicyclic) bond motifs is 1. The second-order valence-electron chi connectivity index (χ2n) is 6.38. The third-order valence-corrected chi connectivity index (χ3v) is 4.92. The molecule has 0 aliphatic heterocycles. The summed E-state index contributed by atoms with van der Waals surface area (Å²) in [7, 11) is -4.55. The third kappa shape index (κ3) is 4.67. The summed E-state index contributed by atoms with van der Waals surface area (Å²) < 4.78 is 20.3. The fourth-order valence-corrected chi connectivity index (χ4v) is 3.36. The zero-order valence-electron chi connectivity index (χ0n) is 15.0. The molecule has 0 radical (unpaired) electrons. The van der Waals surface area contributed by atoms with Crippen molar-refractivity contribution < 1.29 is 28.7 Å². The summed E-state index contributed by atoms with van der Waals surface area (Å²) in [5.74, 6) is 0.745. The summed E-state index contributed by atoms with van der Waals surface area (Å²) in [5.41, 5.74) is 4.24. The number of hydrogen-bond donors (Lipinski definition) is 3. The number of ether oxygens (including phenoxy) is 1. The number of phosphoric acid groups is 1. The van der Waals surface area contributed by atoms with Gasteiger partial charge in [0.05, 0.1) is 0 Å². The Morgan fingerprint density at radius 1 is 0.963 bits per heavy atom. The highest BCUT2D eigenvalue weighted by Crippen LogP contribution is 2.36. The van der Waals surface area contributed by atoms with Crippen molar-refractivity contribution in [3.63, 3.8) is 0 Å². The molecular formula is C20H21O6P. The summed E-state index contributed by atoms with van der Waals surface area (Å²) >= 11 is 0. The van der Waals surface area contributed by atoms with Crippen LogP contribution in [0.4, 0.5) is 0 Å². The highest BCUT2D eigenvalue weighted by molar-refractivity contribution is 7.46. The van der Waals surface area contributed by atoms with Gasteiger partial charge in [-0.3, -0.25) is 0 Å². The van der Waals surface area contributed by atoms with E-state index in [0.717, 1.165) is 33.0 Å². The topological polar surface area (TPSA) is 96.2 Å². The summed E-state index contributed by atoms with van der Waals surface area (Å²) in [4.78, 5) is 17.4. The van der Waals surface area contributed by atoms with Gasteiger partial charge >= 0.3 is 7.82 Å². The summed E-state index contributed by atoms with van der Waals surface area (Å²) in [6, 6.07) is 15.0. The first-order valence-corrected chi connectivity index (χ1v) is 9.90. The van der Waals surface area contributed by atoms with Gasteiger partial charge in [0.2, 0.25) is 0 Å². The molecule has 0 amide bonds. The van der Waals surface area contributed by atoms with Gasteiger partial charge in [-0.05, 0) is 66.1 Å². The Morgan fingerprint density at radius 3 is 2.22 bits per heavy atom. The minimum Gasteiger partial charge on any atom is -0.507 e. The lowest BCUT2D eigenvalue weighted by Gasteiger charge is -2.15. The van der Waals surface area contributed by atoms with Crippen LogP contribution < -0.4 is 4.74 Å². The normalized spacial score (nSPS) is 11.7. The number of aryl methyl sites for hydroxylation is 2. The van der Waals surface area contributed by atoms with Crippen LogP contribution >= 0.6 is 7.82 Å². The molecule has 3 N–H and O–H groups in total. The molecule has 0 saturated heterocycles. The molecule has 3 aromatic carbocycles. The van der Waals surface area contributed by atoms with Gasteiger partial charge in [0, 0.05) is 5.39 Å². The fourth-order valence-electron chi connectivity index (χ4n) is 3.17. The smallest absolute Gasteiger partial charge is 0.472 e. The minimum absolute atomic E-state index is 0.261. The summed E-state index contributed by atoms with van der Waals surface area (Å²) in [5, 5.41) is 11.9. The predicted octanol–water partition coefficient (Wildman–Crippen LogP) is 4.20. The van der Waals surface area contributed by atoms with Gasteiger partial charge in [0.25, 0.3) is 0 Å². The molecule has 0 heterocycles. The van der Waals surface area contributed by atoms with Crippen LogP contribution in [0, 0.1) is 13.8 Å². The first-order chi connectivity index (χ1) is 12.7. The second-order valence-corrected chi connectivity index (χ2v) is 7.62. The van der Waals surface area contributed by atoms with Crippen molar-refractivity contribution in [2.24, 2.45) is 0 Å². The number of aromatic hydroxyl groups is 1. The Kier molecular flexibility index (Phi) is 5.53. The lowest BCUT2D eigenvalue weighted by Crippen LogP contribution is -2.03. The molecule has 0 saturated carbocycles. The van der Waals surface area contributed by atoms with Crippen LogP contribution in [0.1, 0.15) is 22.3 Å². The molecule has 27 heavy (non-hydrogen) atoms. The maximum Gasteiger partial charge on any atom is 0.472 e. The molecule has 0 unspecified atom stereocenters. The van der Waals surface area contributed by atoms with E-state index in [1.165, 1.54) is 0 Å². The van der Waals surface area contributed by atoms with Gasteiger partial charge in [0.15, 0.2) is 6.79 Å². The van der Waals surface area contributed by atoms with Crippen LogP contribution in [-0.4, -0.2) is 21.7 Å². The predicted molar refractivity (Wildman–Crippen MR) is 103 cm³/mol. The van der Waals surface area contributed by atoms with Crippen molar-refractivity contribution in [3.05, 3.63) is 70.8 Å². The van der Waals surface area contributed by atoms with E-state index in [-0.39, 0.29) is 5.75 Å². The number of phosphoric ester groups is 1. The quantitative estimate of drug-likeness (QED) is 0.433. The van der Waals surface area contributed by atoms with Crippen molar-refractivity contribution in [1.82, 2.24) is 0 Å². The lowest BCUT2D eigenvalue weighted by molar-refractivity contribution is 0.0828. The van der Waals surface area contributed by atoms with E-state index in [0.29, 0.717) is 12.2 Å². The van der Waals surface area contributed by atoms with Gasteiger partial charge in [-0.25, -0.2) is 9.09 Å². The van der Waals surface area contributed by atoms with Gasteiger partial charge < -0.3 is 19.6 Å². The van der Waals surface area contributed by atoms with Crippen LogP contribution in [0.5, 0.6) is 11.5 Å². The maximum absolute atomic E-state index is 10.7. The Labute approximate surface area is 157 Å². The summed E-state index contributed by atoms with van der Waals surface area (Å²) in [6.45, 7) is 3.40. The van der Waals surface area contributed by atoms with E-state index >= 15 is 0 Å². The average molecular weight is 388 g/mol. The van der Waals surface area contributed by atoms with Gasteiger partial charge in [-0.2, -0.15) is 0 Å². The highest BCUT2D eigenvalue weighted by Gasteiger charge is 2.15. The standard InChI is InChI=1S/C20H21O6P/c1-13-9-16(25-12-26-27(22,23)24)10-14(2)19(13)11-15-7-8-20(21)18-6-4-3-5-17(15)18/h3-10,21H,11-12H2,1-2H3,(H2,22,23,24). The SMILES string of the molecule is Cc1cc(OCOP(=O)(O)O)cc(C)c1Cc1ccc(O)c2ccccc12. The van der Waals surface area contributed by atoms with E-state index in [4.69, 9.17) is 14.5 Å². The number of hydrogen-bond acceptors (Lipinski definition) is 4. The monoisotopic (exact) mass is 388 g/mol. The van der Waals surface area contributed by atoms with E-state index in [1.807, 2.05) is 56.3 Å². The summed E-state index contributed by atoms with van der Waals surface area (Å²) in [6.07, 6.45) is 0.692. The number of benzene rings is 3. The van der Waals surface area contributed by atoms with Crippen LogP contribution in [0.25, 0.3) is 10.8 Å². The van der Waals surface area contributed by atoms with Crippen LogP contribution in [-0.2, 0) is 15.5 Å². The fraction of sp³-hybridized carbons (Fsp3) is 0.200. The van der Waals surface area contributed by atoms with Gasteiger partial charge in [-0.15, -0.1) is 0 Å². The van der Waals surface area contributed by atoms with Gasteiger partial charge in [0.1, 0.15) is 11.5 Å². The van der Waals surface area contributed by atoms with Crippen molar-refractivity contribution in [2.75, 3.05) is 6.79 Å². The first kappa shape index (κ1) is 19.4. The molecule has 142 valence electrons. The molecule has 0 bridgehead atoms. The molecule has 3 rings (SSSR count). The van der Waals surface area contributed by atoms with E-state index in [2.05, 4.69) is 4.52 Å². The molecule has 7 heteroatoms. The highest BCUT2D eigenvalue weighted by atomic mass is 31.2. The van der Waals surface area contributed by atoms with Gasteiger partial charge in [-0.1, -0.05) is 30.3 Å². The van der Waals surface area contributed by atoms with Crippen molar-refractivity contribution in [3.8, 4) is 11.5 Å².